The lowest BCUT2D eigenvalue weighted by Gasteiger charge is -2.05. The molecule has 0 aliphatic heterocycles. The van der Waals surface area contributed by atoms with Gasteiger partial charge in [-0.1, -0.05) is 18.5 Å². The molecule has 1 aromatic carbocycles. The van der Waals surface area contributed by atoms with Gasteiger partial charge in [-0.3, -0.25) is 0 Å². The predicted molar refractivity (Wildman–Crippen MR) is 57.9 cm³/mol. The van der Waals surface area contributed by atoms with Crippen molar-refractivity contribution < 1.29 is 0 Å². The van der Waals surface area contributed by atoms with Gasteiger partial charge in [0.2, 0.25) is 0 Å². The summed E-state index contributed by atoms with van der Waals surface area (Å²) in [6.45, 7) is 3.13. The summed E-state index contributed by atoms with van der Waals surface area (Å²) in [6.07, 6.45) is 1.13. The van der Waals surface area contributed by atoms with Crippen LogP contribution in [-0.2, 0) is 0 Å². The minimum Gasteiger partial charge on any atom is -0.385 e. The number of nitrogens with one attached hydrogen (secondary N) is 1. The molecule has 1 N–H and O–H groups in total. The van der Waals surface area contributed by atoms with Crippen molar-refractivity contribution in [2.45, 2.75) is 13.3 Å². The van der Waals surface area contributed by atoms with Gasteiger partial charge in [0, 0.05) is 16.7 Å². The zero-order valence-corrected chi connectivity index (χ0v) is 9.24. The normalized spacial score (nSPS) is 9.92. The standard InChI is InChI=1S/C9H11BrClN/c1-2-5-12-7-3-4-9(11)8(10)6-7/h3-4,6,12H,2,5H2,1H3. The SMILES string of the molecule is CCCNc1ccc(Cl)c(Br)c1. The summed E-state index contributed by atoms with van der Waals surface area (Å²) < 4.78 is 0.935. The second-order valence-corrected chi connectivity index (χ2v) is 3.82. The largest absolute Gasteiger partial charge is 0.385 e. The highest BCUT2D eigenvalue weighted by Crippen LogP contribution is 2.25. The van der Waals surface area contributed by atoms with Crippen LogP contribution in [0, 0.1) is 0 Å². The summed E-state index contributed by atoms with van der Waals surface area (Å²) in [6, 6.07) is 5.84. The first-order valence-electron chi connectivity index (χ1n) is 3.93. The molecule has 0 saturated heterocycles. The van der Waals surface area contributed by atoms with Crippen molar-refractivity contribution in [2.24, 2.45) is 0 Å². The minimum atomic E-state index is 0.747. The molecule has 66 valence electrons. The summed E-state index contributed by atoms with van der Waals surface area (Å²) in [5.41, 5.74) is 1.10. The van der Waals surface area contributed by atoms with Crippen LogP contribution in [-0.4, -0.2) is 6.54 Å². The van der Waals surface area contributed by atoms with Crippen LogP contribution in [0.4, 0.5) is 5.69 Å². The van der Waals surface area contributed by atoms with Crippen molar-refractivity contribution >= 4 is 33.2 Å². The molecule has 0 aliphatic rings. The molecule has 0 aliphatic carbocycles. The van der Waals surface area contributed by atoms with Gasteiger partial charge in [-0.2, -0.15) is 0 Å². The quantitative estimate of drug-likeness (QED) is 0.855. The molecule has 0 aromatic heterocycles. The van der Waals surface area contributed by atoms with Gasteiger partial charge < -0.3 is 5.32 Å². The van der Waals surface area contributed by atoms with Crippen LogP contribution < -0.4 is 5.32 Å². The van der Waals surface area contributed by atoms with Crippen molar-refractivity contribution in [3.05, 3.63) is 27.7 Å². The van der Waals surface area contributed by atoms with Gasteiger partial charge in [0.05, 0.1) is 5.02 Å². The number of rotatable bonds is 3. The van der Waals surface area contributed by atoms with E-state index in [4.69, 9.17) is 11.6 Å². The number of benzene rings is 1. The molecule has 0 spiro atoms. The Morgan fingerprint density at radius 2 is 2.25 bits per heavy atom. The van der Waals surface area contributed by atoms with Gasteiger partial charge in [-0.05, 0) is 40.5 Å². The third-order valence-corrected chi connectivity index (χ3v) is 2.71. The van der Waals surface area contributed by atoms with Crippen LogP contribution in [0.1, 0.15) is 13.3 Å². The Kier molecular flexibility index (Phi) is 3.89. The van der Waals surface area contributed by atoms with Gasteiger partial charge in [0.25, 0.3) is 0 Å². The fourth-order valence-corrected chi connectivity index (χ4v) is 1.37. The topological polar surface area (TPSA) is 12.0 Å². The highest BCUT2D eigenvalue weighted by Gasteiger charge is 1.96. The molecule has 0 radical (unpaired) electrons. The lowest BCUT2D eigenvalue weighted by atomic mass is 10.3. The first-order chi connectivity index (χ1) is 5.74. The summed E-state index contributed by atoms with van der Waals surface area (Å²) in [5, 5.41) is 4.02. The van der Waals surface area contributed by atoms with E-state index in [2.05, 4.69) is 28.2 Å². The first kappa shape index (κ1) is 9.87. The molecule has 0 amide bonds. The summed E-state index contributed by atoms with van der Waals surface area (Å²) in [4.78, 5) is 0. The van der Waals surface area contributed by atoms with E-state index in [-0.39, 0.29) is 0 Å². The fourth-order valence-electron chi connectivity index (χ4n) is 0.875. The third kappa shape index (κ3) is 2.68. The van der Waals surface area contributed by atoms with Gasteiger partial charge in [-0.25, -0.2) is 0 Å². The van der Waals surface area contributed by atoms with Crippen molar-refractivity contribution in [1.29, 1.82) is 0 Å². The molecular formula is C9H11BrClN. The molecule has 1 rings (SSSR count). The molecule has 12 heavy (non-hydrogen) atoms. The maximum atomic E-state index is 5.84. The predicted octanol–water partition coefficient (Wildman–Crippen LogP) is 3.92. The van der Waals surface area contributed by atoms with Crippen molar-refractivity contribution in [1.82, 2.24) is 0 Å². The Bertz CT molecular complexity index is 263. The molecule has 3 heteroatoms. The van der Waals surface area contributed by atoms with Crippen LogP contribution >= 0.6 is 27.5 Å². The molecule has 0 atom stereocenters. The minimum absolute atomic E-state index is 0.747. The van der Waals surface area contributed by atoms with Gasteiger partial charge >= 0.3 is 0 Å². The molecule has 0 unspecified atom stereocenters. The summed E-state index contributed by atoms with van der Waals surface area (Å²) in [7, 11) is 0. The molecular weight excluding hydrogens is 237 g/mol. The molecule has 1 aromatic rings. The highest BCUT2D eigenvalue weighted by atomic mass is 79.9. The van der Waals surface area contributed by atoms with E-state index >= 15 is 0 Å². The van der Waals surface area contributed by atoms with E-state index in [1.54, 1.807) is 0 Å². The van der Waals surface area contributed by atoms with Gasteiger partial charge in [-0.15, -0.1) is 0 Å². The Balaban J connectivity index is 2.69. The number of anilines is 1. The van der Waals surface area contributed by atoms with E-state index in [0.29, 0.717) is 0 Å². The Morgan fingerprint density at radius 1 is 1.50 bits per heavy atom. The van der Waals surface area contributed by atoms with E-state index < -0.39 is 0 Å². The molecule has 1 nitrogen and oxygen atoms in total. The summed E-state index contributed by atoms with van der Waals surface area (Å²) in [5.74, 6) is 0. The Labute approximate surface area is 86.2 Å². The van der Waals surface area contributed by atoms with Crippen molar-refractivity contribution in [3.63, 3.8) is 0 Å². The highest BCUT2D eigenvalue weighted by molar-refractivity contribution is 9.10. The van der Waals surface area contributed by atoms with Crippen molar-refractivity contribution in [2.75, 3.05) is 11.9 Å². The maximum absolute atomic E-state index is 5.84. The van der Waals surface area contributed by atoms with Crippen LogP contribution in [0.5, 0.6) is 0 Å². The van der Waals surface area contributed by atoms with Crippen LogP contribution in [0.25, 0.3) is 0 Å². The first-order valence-corrected chi connectivity index (χ1v) is 5.10. The number of halogens is 2. The van der Waals surface area contributed by atoms with Gasteiger partial charge in [0.15, 0.2) is 0 Å². The fraction of sp³-hybridized carbons (Fsp3) is 0.333. The molecule has 0 saturated carbocycles. The molecule has 0 heterocycles. The lowest BCUT2D eigenvalue weighted by Crippen LogP contribution is -1.98. The summed E-state index contributed by atoms with van der Waals surface area (Å²) >= 11 is 9.21. The lowest BCUT2D eigenvalue weighted by molar-refractivity contribution is 0.979. The van der Waals surface area contributed by atoms with E-state index in [0.717, 1.165) is 28.1 Å². The second-order valence-electron chi connectivity index (χ2n) is 2.56. The maximum Gasteiger partial charge on any atom is 0.0549 e. The van der Waals surface area contributed by atoms with E-state index in [9.17, 15) is 0 Å². The Morgan fingerprint density at radius 3 is 2.83 bits per heavy atom. The van der Waals surface area contributed by atoms with Crippen LogP contribution in [0.15, 0.2) is 22.7 Å². The van der Waals surface area contributed by atoms with E-state index in [1.165, 1.54) is 0 Å². The zero-order valence-electron chi connectivity index (χ0n) is 6.90. The molecule has 0 fully saturated rings. The van der Waals surface area contributed by atoms with Crippen LogP contribution in [0.3, 0.4) is 0 Å². The second kappa shape index (κ2) is 4.73. The average molecular weight is 249 g/mol. The van der Waals surface area contributed by atoms with E-state index in [1.807, 2.05) is 18.2 Å². The average Bonchev–Trinajstić information content (AvgIpc) is 2.07. The zero-order chi connectivity index (χ0) is 8.97. The monoisotopic (exact) mass is 247 g/mol. The molecule has 0 bridgehead atoms. The number of hydrogen-bond donors (Lipinski definition) is 1. The van der Waals surface area contributed by atoms with Crippen LogP contribution in [0.2, 0.25) is 5.02 Å². The third-order valence-electron chi connectivity index (χ3n) is 1.50. The van der Waals surface area contributed by atoms with Crippen molar-refractivity contribution in [3.8, 4) is 0 Å². The smallest absolute Gasteiger partial charge is 0.0549 e. The van der Waals surface area contributed by atoms with Gasteiger partial charge in [0.1, 0.15) is 0 Å². The number of hydrogen-bond acceptors (Lipinski definition) is 1. The Hall–Kier alpha value is -0.210.